The van der Waals surface area contributed by atoms with Crippen molar-refractivity contribution < 1.29 is 0 Å². The molecule has 0 amide bonds. The number of hydrazine groups is 1. The van der Waals surface area contributed by atoms with Crippen LogP contribution in [-0.4, -0.2) is 47.4 Å². The normalized spacial score (nSPS) is 44.5. The third-order valence-electron chi connectivity index (χ3n) is 2.84. The quantitative estimate of drug-likeness (QED) is 0.539. The highest BCUT2D eigenvalue weighted by Crippen LogP contribution is 2.39. The summed E-state index contributed by atoms with van der Waals surface area (Å²) < 4.78 is 0. The zero-order valence-corrected chi connectivity index (χ0v) is 7.62. The van der Waals surface area contributed by atoms with Crippen LogP contribution in [0.25, 0.3) is 0 Å². The molecule has 0 aliphatic carbocycles. The Morgan fingerprint density at radius 2 is 2.09 bits per heavy atom. The molecule has 2 aliphatic rings. The molecule has 64 valence electrons. The van der Waals surface area contributed by atoms with E-state index in [1.165, 1.54) is 13.0 Å². The van der Waals surface area contributed by atoms with Gasteiger partial charge in [-0.2, -0.15) is 0 Å². The molecule has 0 bridgehead atoms. The first-order chi connectivity index (χ1) is 5.29. The Kier molecular flexibility index (Phi) is 1.67. The lowest BCUT2D eigenvalue weighted by Crippen LogP contribution is -2.33. The average molecular weight is 155 g/mol. The van der Waals surface area contributed by atoms with E-state index in [9.17, 15) is 0 Å². The van der Waals surface area contributed by atoms with Crippen LogP contribution < -0.4 is 0 Å². The van der Waals surface area contributed by atoms with Crippen molar-refractivity contribution in [3.05, 3.63) is 0 Å². The van der Waals surface area contributed by atoms with Crippen molar-refractivity contribution in [2.24, 2.45) is 0 Å². The maximum atomic E-state index is 2.52. The minimum atomic E-state index is 0.745. The van der Waals surface area contributed by atoms with Crippen molar-refractivity contribution in [3.8, 4) is 0 Å². The second kappa shape index (κ2) is 2.44. The molecule has 11 heavy (non-hydrogen) atoms. The van der Waals surface area contributed by atoms with Crippen LogP contribution in [-0.2, 0) is 0 Å². The summed E-state index contributed by atoms with van der Waals surface area (Å²) in [5, 5.41) is 4.81. The van der Waals surface area contributed by atoms with Gasteiger partial charge in [0, 0.05) is 7.05 Å². The molecule has 2 aliphatic heterocycles. The Hall–Kier alpha value is -0.120. The first-order valence-electron chi connectivity index (χ1n) is 4.53. The molecule has 0 aromatic carbocycles. The van der Waals surface area contributed by atoms with Crippen molar-refractivity contribution in [2.45, 2.75) is 32.5 Å². The van der Waals surface area contributed by atoms with Gasteiger partial charge in [0.2, 0.25) is 0 Å². The Labute approximate surface area is 68.5 Å². The van der Waals surface area contributed by atoms with E-state index in [2.05, 4.69) is 35.8 Å². The third kappa shape index (κ3) is 0.916. The highest BCUT2D eigenvalue weighted by atomic mass is 15.8. The predicted octanol–water partition coefficient (Wildman–Crippen LogP) is 0.546. The molecule has 0 spiro atoms. The maximum Gasteiger partial charge on any atom is 0.0947 e. The molecule has 3 unspecified atom stereocenters. The van der Waals surface area contributed by atoms with Crippen molar-refractivity contribution in [2.75, 3.05) is 20.3 Å². The second-order valence-corrected chi connectivity index (χ2v) is 3.47. The lowest BCUT2D eigenvalue weighted by atomic mass is 10.3. The standard InChI is InChI=1S/C8H17N3/c1-4-7-8-10(5-2)6-9(3)11(7)8/h7-8H,4-6H2,1-3H3. The molecular formula is C8H17N3. The topological polar surface area (TPSA) is 9.49 Å². The van der Waals surface area contributed by atoms with Gasteiger partial charge in [-0.3, -0.25) is 4.90 Å². The van der Waals surface area contributed by atoms with E-state index in [4.69, 9.17) is 0 Å². The van der Waals surface area contributed by atoms with Crippen molar-refractivity contribution in [3.63, 3.8) is 0 Å². The van der Waals surface area contributed by atoms with Gasteiger partial charge in [-0.15, -0.1) is 0 Å². The smallest absolute Gasteiger partial charge is 0.0947 e. The average Bonchev–Trinajstić information content (AvgIpc) is 2.65. The third-order valence-corrected chi connectivity index (χ3v) is 2.84. The number of hydrogen-bond donors (Lipinski definition) is 0. The van der Waals surface area contributed by atoms with Crippen LogP contribution in [0.1, 0.15) is 20.3 Å². The van der Waals surface area contributed by atoms with Gasteiger partial charge in [0.1, 0.15) is 0 Å². The minimum absolute atomic E-state index is 0.745. The van der Waals surface area contributed by atoms with Crippen molar-refractivity contribution in [1.82, 2.24) is 14.9 Å². The summed E-state index contributed by atoms with van der Waals surface area (Å²) >= 11 is 0. The van der Waals surface area contributed by atoms with Gasteiger partial charge in [0.25, 0.3) is 0 Å². The van der Waals surface area contributed by atoms with Crippen LogP contribution in [0.5, 0.6) is 0 Å². The van der Waals surface area contributed by atoms with Gasteiger partial charge in [-0.25, -0.2) is 10.0 Å². The van der Waals surface area contributed by atoms with E-state index < -0.39 is 0 Å². The van der Waals surface area contributed by atoms with E-state index in [1.54, 1.807) is 0 Å². The summed E-state index contributed by atoms with van der Waals surface area (Å²) in [5.41, 5.74) is 0. The molecule has 2 heterocycles. The molecule has 0 aromatic rings. The summed E-state index contributed by atoms with van der Waals surface area (Å²) in [5.74, 6) is 0. The van der Waals surface area contributed by atoms with Gasteiger partial charge < -0.3 is 0 Å². The Bertz CT molecular complexity index is 157. The molecule has 0 radical (unpaired) electrons. The predicted molar refractivity (Wildman–Crippen MR) is 44.7 cm³/mol. The van der Waals surface area contributed by atoms with Crippen LogP contribution in [0.3, 0.4) is 0 Å². The highest BCUT2D eigenvalue weighted by molar-refractivity contribution is 5.02. The molecule has 2 saturated heterocycles. The SMILES string of the molecule is CCC1C2N(CC)CN(C)N12. The first kappa shape index (κ1) is 7.53. The molecule has 2 fully saturated rings. The van der Waals surface area contributed by atoms with Gasteiger partial charge in [0.15, 0.2) is 0 Å². The van der Waals surface area contributed by atoms with Crippen LogP contribution in [0.2, 0.25) is 0 Å². The van der Waals surface area contributed by atoms with E-state index in [0.717, 1.165) is 18.9 Å². The van der Waals surface area contributed by atoms with Crippen molar-refractivity contribution >= 4 is 0 Å². The minimum Gasteiger partial charge on any atom is -0.271 e. The molecule has 0 aromatic heterocycles. The lowest BCUT2D eigenvalue weighted by molar-refractivity contribution is 0.118. The summed E-state index contributed by atoms with van der Waals surface area (Å²) in [7, 11) is 2.18. The van der Waals surface area contributed by atoms with Crippen molar-refractivity contribution in [1.29, 1.82) is 0 Å². The maximum absolute atomic E-state index is 2.52. The fraction of sp³-hybridized carbons (Fsp3) is 1.00. The van der Waals surface area contributed by atoms with Gasteiger partial charge in [-0.1, -0.05) is 13.8 Å². The zero-order chi connectivity index (χ0) is 8.01. The Morgan fingerprint density at radius 3 is 2.55 bits per heavy atom. The van der Waals surface area contributed by atoms with E-state index >= 15 is 0 Å². The van der Waals surface area contributed by atoms with Crippen LogP contribution in [0, 0.1) is 0 Å². The number of hydrogen-bond acceptors (Lipinski definition) is 3. The molecular weight excluding hydrogens is 138 g/mol. The number of fused-ring (bicyclic) bond motifs is 1. The van der Waals surface area contributed by atoms with Crippen LogP contribution in [0.15, 0.2) is 0 Å². The van der Waals surface area contributed by atoms with Gasteiger partial charge in [0.05, 0.1) is 18.9 Å². The Morgan fingerprint density at radius 1 is 1.36 bits per heavy atom. The fourth-order valence-corrected chi connectivity index (χ4v) is 2.22. The molecule has 3 atom stereocenters. The summed E-state index contributed by atoms with van der Waals surface area (Å²) in [4.78, 5) is 2.52. The van der Waals surface area contributed by atoms with E-state index in [0.29, 0.717) is 0 Å². The first-order valence-corrected chi connectivity index (χ1v) is 4.53. The zero-order valence-electron chi connectivity index (χ0n) is 7.62. The Balaban J connectivity index is 2.01. The van der Waals surface area contributed by atoms with E-state index in [1.807, 2.05) is 0 Å². The highest BCUT2D eigenvalue weighted by Gasteiger charge is 2.56. The summed E-state index contributed by atoms with van der Waals surface area (Å²) in [6.45, 7) is 6.81. The van der Waals surface area contributed by atoms with Gasteiger partial charge in [-0.05, 0) is 13.0 Å². The fourth-order valence-electron chi connectivity index (χ4n) is 2.22. The molecule has 3 heteroatoms. The number of likely N-dealkylation sites (N-methyl/N-ethyl adjacent to an activating group) is 1. The number of rotatable bonds is 2. The lowest BCUT2D eigenvalue weighted by Gasteiger charge is -2.19. The second-order valence-electron chi connectivity index (χ2n) is 3.47. The monoisotopic (exact) mass is 155 g/mol. The molecule has 3 nitrogen and oxygen atoms in total. The molecule has 0 saturated carbocycles. The molecule has 0 N–H and O–H groups in total. The van der Waals surface area contributed by atoms with Crippen LogP contribution in [0.4, 0.5) is 0 Å². The number of nitrogens with zero attached hydrogens (tertiary/aromatic N) is 3. The summed E-state index contributed by atoms with van der Waals surface area (Å²) in [6.07, 6.45) is 2.03. The van der Waals surface area contributed by atoms with E-state index in [-0.39, 0.29) is 0 Å². The van der Waals surface area contributed by atoms with Gasteiger partial charge >= 0.3 is 0 Å². The largest absolute Gasteiger partial charge is 0.271 e. The van der Waals surface area contributed by atoms with Crippen LogP contribution >= 0.6 is 0 Å². The molecule has 2 rings (SSSR count). The summed E-state index contributed by atoms with van der Waals surface area (Å²) in [6, 6.07) is 0.814.